The number of amides is 1. The topological polar surface area (TPSA) is 60.8 Å². The van der Waals surface area contributed by atoms with E-state index in [9.17, 15) is 15.0 Å². The van der Waals surface area contributed by atoms with Crippen molar-refractivity contribution < 1.29 is 15.0 Å². The second-order valence-electron chi connectivity index (χ2n) is 6.32. The molecule has 124 valence electrons. The number of rotatable bonds is 2. The van der Waals surface area contributed by atoms with Crippen LogP contribution >= 0.6 is 0 Å². The third-order valence-electron chi connectivity index (χ3n) is 4.87. The molecule has 1 aliphatic heterocycles. The van der Waals surface area contributed by atoms with Crippen LogP contribution in [0, 0.1) is 0 Å². The van der Waals surface area contributed by atoms with Gasteiger partial charge in [0.2, 0.25) is 0 Å². The van der Waals surface area contributed by atoms with Gasteiger partial charge in [0.25, 0.3) is 5.91 Å². The number of hydrogen-bond acceptors (Lipinski definition) is 3. The quantitative estimate of drug-likeness (QED) is 0.745. The third-order valence-corrected chi connectivity index (χ3v) is 4.87. The summed E-state index contributed by atoms with van der Waals surface area (Å²) in [5.74, 6) is 0.247. The maximum atomic E-state index is 13.2. The van der Waals surface area contributed by atoms with Crippen LogP contribution in [0.15, 0.2) is 72.8 Å². The first-order valence-electron chi connectivity index (χ1n) is 8.04. The van der Waals surface area contributed by atoms with Crippen LogP contribution in [0.5, 0.6) is 11.5 Å². The summed E-state index contributed by atoms with van der Waals surface area (Å²) in [4.78, 5) is 14.9. The van der Waals surface area contributed by atoms with Gasteiger partial charge in [-0.1, -0.05) is 30.3 Å². The van der Waals surface area contributed by atoms with Crippen molar-refractivity contribution in [3.8, 4) is 11.5 Å². The molecule has 3 aromatic carbocycles. The van der Waals surface area contributed by atoms with Gasteiger partial charge in [0.05, 0.1) is 5.54 Å². The SMILES string of the molecule is CC1(c2ccc(O)cc2)c2ccccc2C(=O)N1c1ccc(O)cc1. The summed E-state index contributed by atoms with van der Waals surface area (Å²) < 4.78 is 0. The first kappa shape index (κ1) is 15.3. The van der Waals surface area contributed by atoms with E-state index < -0.39 is 5.54 Å². The van der Waals surface area contributed by atoms with Crippen molar-refractivity contribution in [1.82, 2.24) is 0 Å². The van der Waals surface area contributed by atoms with Gasteiger partial charge in [0.15, 0.2) is 0 Å². The Balaban J connectivity index is 1.97. The number of anilines is 1. The van der Waals surface area contributed by atoms with Gasteiger partial charge >= 0.3 is 0 Å². The van der Waals surface area contributed by atoms with E-state index in [-0.39, 0.29) is 17.4 Å². The predicted molar refractivity (Wildman–Crippen MR) is 95.9 cm³/mol. The molecule has 4 heteroatoms. The minimum atomic E-state index is -0.710. The van der Waals surface area contributed by atoms with Crippen molar-refractivity contribution in [2.45, 2.75) is 12.5 Å². The highest BCUT2D eigenvalue weighted by molar-refractivity contribution is 6.12. The fraction of sp³-hybridized carbons (Fsp3) is 0.0952. The van der Waals surface area contributed by atoms with Gasteiger partial charge in [-0.15, -0.1) is 0 Å². The number of hydrogen-bond donors (Lipinski definition) is 2. The number of aromatic hydroxyl groups is 2. The number of carbonyl (C=O) groups is 1. The fourth-order valence-corrected chi connectivity index (χ4v) is 3.59. The smallest absolute Gasteiger partial charge is 0.259 e. The molecule has 0 spiro atoms. The van der Waals surface area contributed by atoms with Gasteiger partial charge < -0.3 is 10.2 Å². The monoisotopic (exact) mass is 331 g/mol. The Morgan fingerprint density at radius 3 is 2.00 bits per heavy atom. The minimum Gasteiger partial charge on any atom is -0.508 e. The highest BCUT2D eigenvalue weighted by Crippen LogP contribution is 2.46. The lowest BCUT2D eigenvalue weighted by molar-refractivity contribution is 0.0984. The molecule has 25 heavy (non-hydrogen) atoms. The molecule has 1 aliphatic rings. The summed E-state index contributed by atoms with van der Waals surface area (Å²) in [6.45, 7) is 2.00. The van der Waals surface area contributed by atoms with Crippen LogP contribution in [0.25, 0.3) is 0 Å². The average molecular weight is 331 g/mol. The van der Waals surface area contributed by atoms with Gasteiger partial charge in [0.1, 0.15) is 11.5 Å². The van der Waals surface area contributed by atoms with Crippen molar-refractivity contribution in [3.05, 3.63) is 89.5 Å². The molecule has 1 amide bonds. The summed E-state index contributed by atoms with van der Waals surface area (Å²) in [7, 11) is 0. The van der Waals surface area contributed by atoms with Gasteiger partial charge in [-0.3, -0.25) is 9.69 Å². The molecule has 0 bridgehead atoms. The predicted octanol–water partition coefficient (Wildman–Crippen LogP) is 4.02. The number of phenolic OH excluding ortho intramolecular Hbond substituents is 2. The molecule has 0 aliphatic carbocycles. The van der Waals surface area contributed by atoms with Crippen LogP contribution < -0.4 is 4.90 Å². The van der Waals surface area contributed by atoms with Crippen molar-refractivity contribution >= 4 is 11.6 Å². The molecular formula is C21H17NO3. The van der Waals surface area contributed by atoms with E-state index in [1.54, 1.807) is 41.3 Å². The Morgan fingerprint density at radius 2 is 1.36 bits per heavy atom. The fourth-order valence-electron chi connectivity index (χ4n) is 3.59. The summed E-state index contributed by atoms with van der Waals surface area (Å²) in [5.41, 5.74) is 2.47. The second-order valence-corrected chi connectivity index (χ2v) is 6.32. The van der Waals surface area contributed by atoms with Crippen LogP contribution in [0.4, 0.5) is 5.69 Å². The lowest BCUT2D eigenvalue weighted by Gasteiger charge is -2.36. The number of benzene rings is 3. The molecule has 1 heterocycles. The number of fused-ring (bicyclic) bond motifs is 1. The van der Waals surface area contributed by atoms with E-state index in [0.29, 0.717) is 11.3 Å². The van der Waals surface area contributed by atoms with E-state index in [1.165, 1.54) is 0 Å². The van der Waals surface area contributed by atoms with Gasteiger partial charge in [-0.2, -0.15) is 0 Å². The summed E-state index contributed by atoms with van der Waals surface area (Å²) in [6.07, 6.45) is 0. The molecule has 1 atom stereocenters. The zero-order valence-electron chi connectivity index (χ0n) is 13.7. The highest BCUT2D eigenvalue weighted by atomic mass is 16.3. The highest BCUT2D eigenvalue weighted by Gasteiger charge is 2.48. The summed E-state index contributed by atoms with van der Waals surface area (Å²) >= 11 is 0. The van der Waals surface area contributed by atoms with E-state index in [1.807, 2.05) is 43.3 Å². The standard InChI is InChI=1S/C21H17NO3/c1-21(14-6-10-16(23)11-7-14)19-5-3-2-4-18(19)20(25)22(21)15-8-12-17(24)13-9-15/h2-13,23-24H,1H3. The molecule has 0 saturated carbocycles. The Bertz CT molecular complexity index is 948. The molecule has 0 radical (unpaired) electrons. The maximum absolute atomic E-state index is 13.2. The summed E-state index contributed by atoms with van der Waals surface area (Å²) in [6, 6.07) is 21.1. The maximum Gasteiger partial charge on any atom is 0.259 e. The van der Waals surface area contributed by atoms with Crippen molar-refractivity contribution in [3.63, 3.8) is 0 Å². The number of nitrogens with zero attached hydrogens (tertiary/aromatic N) is 1. The van der Waals surface area contributed by atoms with E-state index >= 15 is 0 Å². The van der Waals surface area contributed by atoms with Crippen molar-refractivity contribution in [1.29, 1.82) is 0 Å². The van der Waals surface area contributed by atoms with Gasteiger partial charge in [0, 0.05) is 11.3 Å². The first-order valence-corrected chi connectivity index (χ1v) is 8.04. The van der Waals surface area contributed by atoms with Crippen LogP contribution in [0.2, 0.25) is 0 Å². The van der Waals surface area contributed by atoms with E-state index in [4.69, 9.17) is 0 Å². The molecule has 0 aromatic heterocycles. The summed E-state index contributed by atoms with van der Waals surface area (Å²) in [5, 5.41) is 19.2. The number of carbonyl (C=O) groups excluding carboxylic acids is 1. The number of phenols is 2. The van der Waals surface area contributed by atoms with E-state index in [2.05, 4.69) is 0 Å². The Kier molecular flexibility index (Phi) is 3.29. The molecule has 0 saturated heterocycles. The first-order chi connectivity index (χ1) is 12.0. The zero-order chi connectivity index (χ0) is 17.6. The van der Waals surface area contributed by atoms with Crippen molar-refractivity contribution in [2.75, 3.05) is 4.90 Å². The van der Waals surface area contributed by atoms with Gasteiger partial charge in [-0.25, -0.2) is 0 Å². The Morgan fingerprint density at radius 1 is 0.800 bits per heavy atom. The lowest BCUT2D eigenvalue weighted by atomic mass is 9.84. The molecule has 4 rings (SSSR count). The molecule has 2 N–H and O–H groups in total. The normalized spacial score (nSPS) is 19.1. The van der Waals surface area contributed by atoms with E-state index in [0.717, 1.165) is 11.1 Å². The average Bonchev–Trinajstić information content (AvgIpc) is 2.86. The van der Waals surface area contributed by atoms with Crippen LogP contribution in [-0.2, 0) is 5.54 Å². The van der Waals surface area contributed by atoms with Gasteiger partial charge in [-0.05, 0) is 60.5 Å². The molecular weight excluding hydrogens is 314 g/mol. The van der Waals surface area contributed by atoms with Crippen molar-refractivity contribution in [2.24, 2.45) is 0 Å². The Hall–Kier alpha value is -3.27. The molecule has 4 nitrogen and oxygen atoms in total. The minimum absolute atomic E-state index is 0.0862. The largest absolute Gasteiger partial charge is 0.508 e. The third kappa shape index (κ3) is 2.18. The van der Waals surface area contributed by atoms with Crippen LogP contribution in [-0.4, -0.2) is 16.1 Å². The van der Waals surface area contributed by atoms with Crippen LogP contribution in [0.3, 0.4) is 0 Å². The molecule has 3 aromatic rings. The lowest BCUT2D eigenvalue weighted by Crippen LogP contribution is -2.42. The second kappa shape index (κ2) is 5.38. The zero-order valence-corrected chi connectivity index (χ0v) is 13.7. The molecule has 0 fully saturated rings. The molecule has 1 unspecified atom stereocenters. The van der Waals surface area contributed by atoms with Crippen LogP contribution in [0.1, 0.15) is 28.4 Å². The Labute approximate surface area is 145 Å².